The lowest BCUT2D eigenvalue weighted by Crippen LogP contribution is -1.59. The van der Waals surface area contributed by atoms with E-state index in [-0.39, 0.29) is 0 Å². The molecule has 1 radical (unpaired) electrons. The van der Waals surface area contributed by atoms with Crippen LogP contribution in [0.5, 0.6) is 0 Å². The third kappa shape index (κ3) is 4.38. The van der Waals surface area contributed by atoms with E-state index in [9.17, 15) is 8.42 Å². The summed E-state index contributed by atoms with van der Waals surface area (Å²) in [6, 6.07) is 0. The molecule has 0 heterocycles. The predicted octanol–water partition coefficient (Wildman–Crippen LogP) is -0.408. The van der Waals surface area contributed by atoms with Gasteiger partial charge in [0.1, 0.15) is 10.7 Å². The van der Waals surface area contributed by atoms with Gasteiger partial charge in [0.15, 0.2) is 0 Å². The summed E-state index contributed by atoms with van der Waals surface area (Å²) >= 11 is 0. The normalized spacial score (nSPS) is 9.20. The van der Waals surface area contributed by atoms with Gasteiger partial charge in [0.2, 0.25) is 0 Å². The second-order valence-electron chi connectivity index (χ2n) is 0.434. The highest BCUT2D eigenvalue weighted by Gasteiger charge is 1.67. The molecule has 0 saturated carbocycles. The maximum absolute atomic E-state index is 9.33. The van der Waals surface area contributed by atoms with Gasteiger partial charge in [-0.3, -0.25) is 0 Å². The molecule has 0 aromatic carbocycles. The van der Waals surface area contributed by atoms with Gasteiger partial charge in [-0.15, -0.1) is 9.24 Å². The van der Waals surface area contributed by atoms with Gasteiger partial charge in [0.05, 0.1) is 5.49 Å². The molecule has 0 spiro atoms. The Bertz CT molecular complexity index is 67.7. The monoisotopic (exact) mass is 111 g/mol. The maximum atomic E-state index is 9.33. The molecule has 0 aliphatic heterocycles. The lowest BCUT2D eigenvalue weighted by atomic mass is 11.9. The van der Waals surface area contributed by atoms with Crippen LogP contribution in [-0.4, -0.2) is 8.42 Å². The molecule has 0 saturated heterocycles. The quantitative estimate of drug-likeness (QED) is 0.368. The van der Waals surface area contributed by atoms with Crippen molar-refractivity contribution in [2.45, 2.75) is 0 Å². The molecule has 0 N–H and O–H groups in total. The van der Waals surface area contributed by atoms with Crippen LogP contribution in [0.4, 0.5) is 0 Å². The van der Waals surface area contributed by atoms with Crippen LogP contribution in [0.15, 0.2) is 0 Å². The minimum atomic E-state index is -2.26. The predicted molar refractivity (Wildman–Crippen MR) is 24.3 cm³/mol. The van der Waals surface area contributed by atoms with Crippen LogP contribution in [0.3, 0.4) is 0 Å². The number of thiol groups is 1. The topological polar surface area (TPSA) is 34.1 Å². The Morgan fingerprint density at radius 2 is 1.80 bits per heavy atom. The standard InChI is InChI=1S/CH4O2PS/c2-5(3)1-4/h1,5H,4H2. The van der Waals surface area contributed by atoms with E-state index in [1.807, 2.05) is 9.24 Å². The van der Waals surface area contributed by atoms with Crippen LogP contribution in [0, 0.1) is 5.49 Å². The zero-order valence-corrected chi connectivity index (χ0v) is 4.47. The zero-order chi connectivity index (χ0) is 4.28. The maximum Gasteiger partial charge on any atom is 0.148 e. The summed E-state index contributed by atoms with van der Waals surface area (Å²) in [6.45, 7) is 0. The molecule has 0 aliphatic carbocycles. The average Bonchev–Trinajstić information content (AvgIpc) is 1.38. The van der Waals surface area contributed by atoms with E-state index in [0.29, 0.717) is 0 Å². The lowest BCUT2D eigenvalue weighted by molar-refractivity contribution is 0.621. The number of rotatable bonds is 1. The van der Waals surface area contributed by atoms with Crippen molar-refractivity contribution in [3.63, 3.8) is 0 Å². The van der Waals surface area contributed by atoms with Crippen molar-refractivity contribution in [2.75, 3.05) is 0 Å². The molecule has 0 aliphatic rings. The van der Waals surface area contributed by atoms with Crippen molar-refractivity contribution in [1.29, 1.82) is 0 Å². The zero-order valence-electron chi connectivity index (χ0n) is 2.42. The van der Waals surface area contributed by atoms with Gasteiger partial charge >= 0.3 is 0 Å². The summed E-state index contributed by atoms with van der Waals surface area (Å²) < 4.78 is 18.7. The Morgan fingerprint density at radius 1 is 1.60 bits per heavy atom. The molecule has 0 rings (SSSR count). The van der Waals surface area contributed by atoms with Gasteiger partial charge in [-0.2, -0.15) is 0 Å². The van der Waals surface area contributed by atoms with Crippen LogP contribution >= 0.6 is 9.24 Å². The summed E-state index contributed by atoms with van der Waals surface area (Å²) in [7, 11) is -0.287. The molecular weight excluding hydrogens is 107 g/mol. The summed E-state index contributed by atoms with van der Waals surface area (Å²) in [5.74, 6) is 0. The number of hydrogen-bond acceptors (Lipinski definition) is 2. The Hall–Kier alpha value is 0.380. The molecule has 0 aromatic rings. The highest BCUT2D eigenvalue weighted by Crippen LogP contribution is 1.84. The first-order chi connectivity index (χ1) is 2.27. The molecule has 4 heteroatoms. The summed E-state index contributed by atoms with van der Waals surface area (Å²) in [4.78, 5) is 0. The highest BCUT2D eigenvalue weighted by atomic mass is 32.2. The Balaban J connectivity index is 3.23. The van der Waals surface area contributed by atoms with Gasteiger partial charge < -0.3 is 0 Å². The summed E-state index contributed by atoms with van der Waals surface area (Å²) in [6.07, 6.45) is 0. The van der Waals surface area contributed by atoms with Crippen molar-refractivity contribution >= 4 is 19.9 Å². The molecule has 0 aromatic heterocycles. The van der Waals surface area contributed by atoms with E-state index in [1.165, 1.54) is 0 Å². The molecule has 2 nitrogen and oxygen atoms in total. The van der Waals surface area contributed by atoms with Crippen LogP contribution in [0.25, 0.3) is 0 Å². The molecule has 0 bridgehead atoms. The van der Waals surface area contributed by atoms with Crippen LogP contribution in [0.2, 0.25) is 0 Å². The fourth-order valence-electron chi connectivity index (χ4n) is 0. The third-order valence-electron chi connectivity index (χ3n) is 0.122. The lowest BCUT2D eigenvalue weighted by Gasteiger charge is -1.59. The van der Waals surface area contributed by atoms with Crippen LogP contribution in [0.1, 0.15) is 0 Å². The van der Waals surface area contributed by atoms with Crippen molar-refractivity contribution in [2.24, 2.45) is 0 Å². The Morgan fingerprint density at radius 3 is 1.80 bits per heavy atom. The fraction of sp³-hybridized carbons (Fsp3) is 0. The molecular formula is CH4O2PS. The van der Waals surface area contributed by atoms with Gasteiger partial charge in [0.25, 0.3) is 0 Å². The van der Waals surface area contributed by atoms with Crippen LogP contribution < -0.4 is 0 Å². The van der Waals surface area contributed by atoms with Crippen LogP contribution in [-0.2, 0) is 10.7 Å². The second kappa shape index (κ2) is 2.61. The fourth-order valence-corrected chi connectivity index (χ4v) is 0. The average molecular weight is 111 g/mol. The first-order valence-corrected chi connectivity index (χ1v) is 2.87. The summed E-state index contributed by atoms with van der Waals surface area (Å²) in [5, 5.41) is 0. The number of hydrogen-bond donors (Lipinski definition) is 1. The molecule has 0 amide bonds. The molecule has 1 unspecified atom stereocenters. The van der Waals surface area contributed by atoms with Crippen molar-refractivity contribution in [1.82, 2.24) is 0 Å². The minimum absolute atomic E-state index is 1.04. The van der Waals surface area contributed by atoms with E-state index in [4.69, 9.17) is 0 Å². The van der Waals surface area contributed by atoms with Gasteiger partial charge in [-0.25, -0.2) is 8.42 Å². The first kappa shape index (κ1) is 5.38. The Labute approximate surface area is 34.7 Å². The Kier molecular flexibility index (Phi) is 2.81. The minimum Gasteiger partial charge on any atom is -0.231 e. The van der Waals surface area contributed by atoms with E-state index < -0.39 is 10.7 Å². The van der Waals surface area contributed by atoms with Gasteiger partial charge in [-0.1, -0.05) is 0 Å². The molecule has 31 valence electrons. The second-order valence-corrected chi connectivity index (χ2v) is 2.20. The van der Waals surface area contributed by atoms with Crippen molar-refractivity contribution in [3.8, 4) is 0 Å². The van der Waals surface area contributed by atoms with E-state index >= 15 is 0 Å². The van der Waals surface area contributed by atoms with Crippen molar-refractivity contribution < 1.29 is 8.42 Å². The van der Waals surface area contributed by atoms with E-state index in [0.717, 1.165) is 5.49 Å². The van der Waals surface area contributed by atoms with Crippen molar-refractivity contribution in [3.05, 3.63) is 5.49 Å². The smallest absolute Gasteiger partial charge is 0.148 e. The SMILES string of the molecule is O=[SH](=O)[CH]P. The third-order valence-corrected chi connectivity index (χ3v) is 1.10. The van der Waals surface area contributed by atoms with Gasteiger partial charge in [-0.05, 0) is 0 Å². The van der Waals surface area contributed by atoms with E-state index in [2.05, 4.69) is 0 Å². The molecule has 1 atom stereocenters. The highest BCUT2D eigenvalue weighted by molar-refractivity contribution is 7.80. The first-order valence-electron chi connectivity index (χ1n) is 0.957. The molecule has 5 heavy (non-hydrogen) atoms. The largest absolute Gasteiger partial charge is 0.231 e. The molecule has 0 fully saturated rings. The summed E-state index contributed by atoms with van der Waals surface area (Å²) in [5.41, 5.74) is 1.04. The van der Waals surface area contributed by atoms with E-state index in [1.54, 1.807) is 0 Å². The van der Waals surface area contributed by atoms with Gasteiger partial charge in [0, 0.05) is 0 Å².